The number of hydrogen-bond donors (Lipinski definition) is 0. The fourth-order valence-electron chi connectivity index (χ4n) is 4.20. The zero-order chi connectivity index (χ0) is 23.3. The van der Waals surface area contributed by atoms with Gasteiger partial charge in [-0.2, -0.15) is 0 Å². The molecular weight excluding hydrogens is 416 g/mol. The first-order chi connectivity index (χ1) is 16.7. The topological polar surface area (TPSA) is 18.5 Å². The molecule has 0 radical (unpaired) electrons. The maximum Gasteiger partial charge on any atom is 0.126 e. The van der Waals surface area contributed by atoms with E-state index in [4.69, 9.17) is 9.47 Å². The van der Waals surface area contributed by atoms with Gasteiger partial charge in [0, 0.05) is 11.1 Å². The van der Waals surface area contributed by atoms with E-state index in [-0.39, 0.29) is 0 Å². The molecule has 0 heterocycles. The minimum absolute atomic E-state index is 0.802. The minimum atomic E-state index is 0.802. The molecule has 5 rings (SSSR count). The van der Waals surface area contributed by atoms with Crippen LogP contribution in [0.1, 0.15) is 22.3 Å². The van der Waals surface area contributed by atoms with E-state index in [1.165, 1.54) is 21.5 Å². The molecule has 0 spiro atoms. The Kier molecular flexibility index (Phi) is 6.13. The van der Waals surface area contributed by atoms with E-state index in [1.807, 2.05) is 12.1 Å². The molecule has 0 unspecified atom stereocenters. The smallest absolute Gasteiger partial charge is 0.126 e. The van der Waals surface area contributed by atoms with E-state index in [1.54, 1.807) is 14.2 Å². The van der Waals surface area contributed by atoms with E-state index in [9.17, 15) is 0 Å². The largest absolute Gasteiger partial charge is 0.496 e. The molecule has 0 aliphatic heterocycles. The summed E-state index contributed by atoms with van der Waals surface area (Å²) in [4.78, 5) is 0. The fraction of sp³-hybridized carbons (Fsp3) is 0.0625. The van der Waals surface area contributed by atoms with E-state index in [0.29, 0.717) is 0 Å². The Morgan fingerprint density at radius 3 is 1.26 bits per heavy atom. The highest BCUT2D eigenvalue weighted by Crippen LogP contribution is 2.32. The van der Waals surface area contributed by atoms with Gasteiger partial charge in [0.15, 0.2) is 0 Å². The quantitative estimate of drug-likeness (QED) is 0.246. The average molecular weight is 443 g/mol. The molecule has 0 aliphatic rings. The molecule has 0 N–H and O–H groups in total. The van der Waals surface area contributed by atoms with Crippen LogP contribution in [0.3, 0.4) is 0 Å². The number of hydrogen-bond acceptors (Lipinski definition) is 2. The van der Waals surface area contributed by atoms with Crippen LogP contribution >= 0.6 is 0 Å². The Labute approximate surface area is 200 Å². The molecule has 0 atom stereocenters. The maximum absolute atomic E-state index is 5.71. The predicted octanol–water partition coefficient (Wildman–Crippen LogP) is 8.35. The van der Waals surface area contributed by atoms with Gasteiger partial charge >= 0.3 is 0 Å². The Morgan fingerprint density at radius 2 is 0.853 bits per heavy atom. The second-order valence-corrected chi connectivity index (χ2v) is 8.22. The van der Waals surface area contributed by atoms with Crippen LogP contribution in [0.15, 0.2) is 97.1 Å². The number of benzene rings is 5. The third kappa shape index (κ3) is 4.57. The lowest BCUT2D eigenvalue weighted by atomic mass is 10.0. The maximum atomic E-state index is 5.71. The first-order valence-corrected chi connectivity index (χ1v) is 11.3. The molecule has 2 heteroatoms. The zero-order valence-corrected chi connectivity index (χ0v) is 19.4. The van der Waals surface area contributed by atoms with Crippen LogP contribution in [-0.4, -0.2) is 14.2 Å². The normalized spacial score (nSPS) is 11.6. The van der Waals surface area contributed by atoms with Gasteiger partial charge in [-0.1, -0.05) is 97.1 Å². The van der Waals surface area contributed by atoms with Crippen molar-refractivity contribution < 1.29 is 9.47 Å². The monoisotopic (exact) mass is 442 g/mol. The third-order valence-corrected chi connectivity index (χ3v) is 6.04. The van der Waals surface area contributed by atoms with Crippen molar-refractivity contribution in [2.24, 2.45) is 0 Å². The summed E-state index contributed by atoms with van der Waals surface area (Å²) >= 11 is 0. The lowest BCUT2D eigenvalue weighted by Crippen LogP contribution is -1.93. The van der Waals surface area contributed by atoms with Crippen molar-refractivity contribution >= 4 is 45.8 Å². The highest BCUT2D eigenvalue weighted by atomic mass is 16.5. The van der Waals surface area contributed by atoms with Crippen molar-refractivity contribution in [3.05, 3.63) is 119 Å². The first-order valence-electron chi connectivity index (χ1n) is 11.3. The molecule has 5 aromatic carbocycles. The molecule has 0 aliphatic carbocycles. The van der Waals surface area contributed by atoms with Crippen LogP contribution in [-0.2, 0) is 0 Å². The Balaban J connectivity index is 1.45. The van der Waals surface area contributed by atoms with Crippen LogP contribution in [0, 0.1) is 0 Å². The van der Waals surface area contributed by atoms with Gasteiger partial charge in [-0.05, 0) is 56.9 Å². The summed E-state index contributed by atoms with van der Waals surface area (Å²) < 4.78 is 11.4. The van der Waals surface area contributed by atoms with Gasteiger partial charge in [-0.3, -0.25) is 0 Å². The summed E-state index contributed by atoms with van der Waals surface area (Å²) in [5.74, 6) is 1.60. The third-order valence-electron chi connectivity index (χ3n) is 6.04. The Bertz CT molecular complexity index is 1410. The van der Waals surface area contributed by atoms with Crippen molar-refractivity contribution in [1.29, 1.82) is 0 Å². The van der Waals surface area contributed by atoms with E-state index in [0.717, 1.165) is 33.8 Å². The highest BCUT2D eigenvalue weighted by Gasteiger charge is 2.08. The fourth-order valence-corrected chi connectivity index (χ4v) is 4.20. The van der Waals surface area contributed by atoms with Gasteiger partial charge in [0.05, 0.1) is 14.2 Å². The summed E-state index contributed by atoms with van der Waals surface area (Å²) in [5.41, 5.74) is 4.21. The molecule has 0 aromatic heterocycles. The second kappa shape index (κ2) is 9.68. The molecule has 0 amide bonds. The van der Waals surface area contributed by atoms with E-state index in [2.05, 4.69) is 109 Å². The van der Waals surface area contributed by atoms with Gasteiger partial charge in [-0.15, -0.1) is 0 Å². The molecule has 0 fully saturated rings. The zero-order valence-electron chi connectivity index (χ0n) is 19.4. The SMILES string of the molecule is COc1cc(/C=C/c2ccc3ccccc3c2)c(OC)cc1/C=C/c1ccc2ccccc2c1. The van der Waals surface area contributed by atoms with Gasteiger partial charge < -0.3 is 9.47 Å². The van der Waals surface area contributed by atoms with Crippen LogP contribution in [0.5, 0.6) is 11.5 Å². The van der Waals surface area contributed by atoms with Crippen LogP contribution in [0.2, 0.25) is 0 Å². The second-order valence-electron chi connectivity index (χ2n) is 8.22. The van der Waals surface area contributed by atoms with Crippen molar-refractivity contribution in [3.63, 3.8) is 0 Å². The average Bonchev–Trinajstić information content (AvgIpc) is 2.90. The van der Waals surface area contributed by atoms with Crippen molar-refractivity contribution in [3.8, 4) is 11.5 Å². The molecule has 0 saturated carbocycles. The standard InChI is InChI=1S/C32H26O2/c1-33-31-21-30(18-14-24-12-16-26-8-4-6-10-28(26)20-24)32(34-2)22-29(31)17-13-23-11-15-25-7-3-5-9-27(25)19-23/h3-22H,1-2H3/b17-13+,18-14+. The molecule has 0 saturated heterocycles. The van der Waals surface area contributed by atoms with Crippen LogP contribution < -0.4 is 9.47 Å². The van der Waals surface area contributed by atoms with E-state index >= 15 is 0 Å². The number of rotatable bonds is 6. The van der Waals surface area contributed by atoms with Crippen LogP contribution in [0.4, 0.5) is 0 Å². The van der Waals surface area contributed by atoms with Gasteiger partial charge in [0.1, 0.15) is 11.5 Å². The van der Waals surface area contributed by atoms with Gasteiger partial charge in [0.25, 0.3) is 0 Å². The van der Waals surface area contributed by atoms with Crippen molar-refractivity contribution in [1.82, 2.24) is 0 Å². The Hall–Kier alpha value is -4.30. The molecule has 166 valence electrons. The summed E-state index contributed by atoms with van der Waals surface area (Å²) in [6, 6.07) is 33.7. The lowest BCUT2D eigenvalue weighted by Gasteiger charge is -2.11. The molecule has 2 nitrogen and oxygen atoms in total. The highest BCUT2D eigenvalue weighted by molar-refractivity contribution is 5.88. The summed E-state index contributed by atoms with van der Waals surface area (Å²) in [5, 5.41) is 4.93. The number of fused-ring (bicyclic) bond motifs is 2. The molecule has 5 aromatic rings. The van der Waals surface area contributed by atoms with E-state index < -0.39 is 0 Å². The Morgan fingerprint density at radius 1 is 0.441 bits per heavy atom. The number of ether oxygens (including phenoxy) is 2. The van der Waals surface area contributed by atoms with Gasteiger partial charge in [0.2, 0.25) is 0 Å². The van der Waals surface area contributed by atoms with Crippen LogP contribution in [0.25, 0.3) is 45.8 Å². The minimum Gasteiger partial charge on any atom is -0.496 e. The van der Waals surface area contributed by atoms with Crippen molar-refractivity contribution in [2.75, 3.05) is 14.2 Å². The van der Waals surface area contributed by atoms with Crippen molar-refractivity contribution in [2.45, 2.75) is 0 Å². The molecule has 34 heavy (non-hydrogen) atoms. The lowest BCUT2D eigenvalue weighted by molar-refractivity contribution is 0.401. The predicted molar refractivity (Wildman–Crippen MR) is 145 cm³/mol. The summed E-state index contributed by atoms with van der Waals surface area (Å²) in [6.07, 6.45) is 8.35. The molecular formula is C32H26O2. The summed E-state index contributed by atoms with van der Waals surface area (Å²) in [6.45, 7) is 0. The molecule has 0 bridgehead atoms. The van der Waals surface area contributed by atoms with Gasteiger partial charge in [-0.25, -0.2) is 0 Å². The number of methoxy groups -OCH3 is 2. The summed E-state index contributed by atoms with van der Waals surface area (Å²) in [7, 11) is 3.40. The first kappa shape index (κ1) is 21.5.